The summed E-state index contributed by atoms with van der Waals surface area (Å²) in [5.41, 5.74) is 11.9. The fourth-order valence-electron chi connectivity index (χ4n) is 2.31. The zero-order valence-electron chi connectivity index (χ0n) is 24.5. The predicted molar refractivity (Wildman–Crippen MR) is 166 cm³/mol. The molecule has 48 heavy (non-hydrogen) atoms. The average Bonchev–Trinajstić information content (AvgIpc) is 2.65. The Morgan fingerprint density at radius 3 is 0.562 bits per heavy atom. The molecule has 1 aliphatic heterocycles. The van der Waals surface area contributed by atoms with E-state index >= 15 is 0 Å². The first-order chi connectivity index (χ1) is 20.8. The van der Waals surface area contributed by atoms with Gasteiger partial charge in [0, 0.05) is 13.1 Å². The molecule has 1 rings (SSSR count). The van der Waals surface area contributed by atoms with E-state index in [0.717, 1.165) is 13.1 Å². The van der Waals surface area contributed by atoms with Gasteiger partial charge in [0.25, 0.3) is 0 Å². The highest BCUT2D eigenvalue weighted by atomic mass is 31.3. The Bertz CT molecular complexity index is 960. The summed E-state index contributed by atoms with van der Waals surface area (Å²) in [5, 5.41) is 0. The van der Waals surface area contributed by atoms with E-state index in [4.69, 9.17) is 78.3 Å². The van der Waals surface area contributed by atoms with Gasteiger partial charge in [-0.05, 0) is 12.8 Å². The second kappa shape index (κ2) is 25.1. The van der Waals surface area contributed by atoms with Crippen molar-refractivity contribution < 1.29 is 115 Å². The summed E-state index contributed by atoms with van der Waals surface area (Å²) in [7, 11) is -36.4. The molecule has 1 heterocycles. The van der Waals surface area contributed by atoms with Gasteiger partial charge in [-0.3, -0.25) is 36.5 Å². The second-order valence-electron chi connectivity index (χ2n) is 9.11. The Morgan fingerprint density at radius 2 is 0.438 bits per heavy atom. The quantitative estimate of drug-likeness (QED) is 0.113. The first-order valence-corrected chi connectivity index (χ1v) is 26.5. The van der Waals surface area contributed by atoms with Crippen LogP contribution in [0, 0.1) is 0 Å². The predicted octanol–water partition coefficient (Wildman–Crippen LogP) is -2.36. The average molecular weight is 876 g/mol. The van der Waals surface area contributed by atoms with Gasteiger partial charge in [-0.1, -0.05) is 25.7 Å². The summed E-state index contributed by atoms with van der Waals surface area (Å²) < 4.78 is 78.8. The smallest absolute Gasteiger partial charge is 0.324 e. The van der Waals surface area contributed by atoms with Crippen molar-refractivity contribution in [1.29, 1.82) is 0 Å². The Labute approximate surface area is 272 Å². The molecule has 0 spiro atoms. The first-order valence-electron chi connectivity index (χ1n) is 12.1. The fourth-order valence-corrected chi connectivity index (χ4v) is 9.99. The minimum Gasteiger partial charge on any atom is -0.324 e. The normalized spacial score (nSPS) is 16.3. The third-order valence-electron chi connectivity index (χ3n) is 3.57. The molecule has 20 N–H and O–H groups in total. The van der Waals surface area contributed by atoms with E-state index in [1.807, 2.05) is 0 Å². The fraction of sp³-hybridized carbons (Fsp3) is 1.00. The van der Waals surface area contributed by atoms with Gasteiger partial charge in [-0.15, -0.1) is 0 Å². The summed E-state index contributed by atoms with van der Waals surface area (Å²) in [5.74, 6) is -5.50. The van der Waals surface area contributed by atoms with Crippen LogP contribution in [0.3, 0.4) is 0 Å². The van der Waals surface area contributed by atoms with Crippen molar-refractivity contribution in [1.82, 2.24) is 21.9 Å². The SMILES string of the molecule is C1CCCCNNNNCCC1.O=P(O)(O)CP(=O)(O)O.O=P(O)(O)CP(=O)(O)O.O=P(O)(O)CP(=O)(O)O.O=P(O)(O)CP(=O)(O)O. The van der Waals surface area contributed by atoms with Crippen molar-refractivity contribution in [3.05, 3.63) is 0 Å². The van der Waals surface area contributed by atoms with Gasteiger partial charge in [-0.2, -0.15) is 11.1 Å². The molecular formula is C12H44N4O24P8. The molecule has 0 aliphatic carbocycles. The Balaban J connectivity index is -0.000000254. The minimum absolute atomic E-state index is 1.04. The number of rotatable bonds is 8. The molecule has 1 saturated heterocycles. The van der Waals surface area contributed by atoms with Gasteiger partial charge in [0.1, 0.15) is 0 Å². The van der Waals surface area contributed by atoms with Crippen LogP contribution in [0.1, 0.15) is 38.5 Å². The van der Waals surface area contributed by atoms with Crippen molar-refractivity contribution in [3.8, 4) is 0 Å². The molecule has 0 saturated carbocycles. The summed E-state index contributed by atoms with van der Waals surface area (Å²) in [6.45, 7) is 2.07. The summed E-state index contributed by atoms with van der Waals surface area (Å²) >= 11 is 0. The number of hydrogen-bond donors (Lipinski definition) is 20. The largest absolute Gasteiger partial charge is 0.337 e. The van der Waals surface area contributed by atoms with E-state index in [-0.39, 0.29) is 0 Å². The maximum Gasteiger partial charge on any atom is 0.337 e. The van der Waals surface area contributed by atoms with Crippen LogP contribution in [0.15, 0.2) is 0 Å². The lowest BCUT2D eigenvalue weighted by Crippen LogP contribution is -2.51. The maximum atomic E-state index is 9.85. The third-order valence-corrected chi connectivity index (χ3v) is 15.4. The van der Waals surface area contributed by atoms with Gasteiger partial charge in [0.15, 0.2) is 23.6 Å². The number of nitrogens with one attached hydrogen (secondary N) is 4. The van der Waals surface area contributed by atoms with E-state index in [0.29, 0.717) is 0 Å². The Kier molecular flexibility index (Phi) is 29.2. The van der Waals surface area contributed by atoms with Gasteiger partial charge in [0.2, 0.25) is 0 Å². The minimum atomic E-state index is -4.55. The van der Waals surface area contributed by atoms with Crippen LogP contribution in [-0.4, -0.2) is 115 Å². The van der Waals surface area contributed by atoms with Gasteiger partial charge < -0.3 is 78.3 Å². The Morgan fingerprint density at radius 1 is 0.292 bits per heavy atom. The molecule has 0 aromatic heterocycles. The molecule has 36 heteroatoms. The lowest BCUT2D eigenvalue weighted by atomic mass is 10.1. The zero-order valence-corrected chi connectivity index (χ0v) is 31.6. The summed E-state index contributed by atoms with van der Waals surface area (Å²) in [6.07, 6.45) is 7.98. The van der Waals surface area contributed by atoms with Crippen LogP contribution in [-0.2, 0) is 36.5 Å². The van der Waals surface area contributed by atoms with Crippen LogP contribution < -0.4 is 21.9 Å². The molecule has 1 fully saturated rings. The molecule has 0 radical (unpaired) electrons. The topological polar surface area (TPSA) is 508 Å². The zero-order chi connectivity index (χ0) is 39.3. The highest BCUT2D eigenvalue weighted by molar-refractivity contribution is 7.70. The summed E-state index contributed by atoms with van der Waals surface area (Å²) in [4.78, 5) is 128. The molecule has 0 aromatic carbocycles. The van der Waals surface area contributed by atoms with Gasteiger partial charge in [0.05, 0.1) is 0 Å². The van der Waals surface area contributed by atoms with E-state index in [2.05, 4.69) is 21.9 Å². The van der Waals surface area contributed by atoms with Gasteiger partial charge >= 0.3 is 60.8 Å². The van der Waals surface area contributed by atoms with Crippen LogP contribution >= 0.6 is 60.8 Å². The monoisotopic (exact) mass is 876 g/mol. The molecule has 1 aliphatic rings. The van der Waals surface area contributed by atoms with E-state index in [1.54, 1.807) is 0 Å². The van der Waals surface area contributed by atoms with Crippen molar-refractivity contribution >= 4 is 60.8 Å². The Hall–Kier alpha value is 1.04. The van der Waals surface area contributed by atoms with Crippen molar-refractivity contribution in [2.75, 3.05) is 36.7 Å². The molecule has 0 amide bonds. The molecular weight excluding hydrogens is 832 g/mol. The molecule has 0 atom stereocenters. The van der Waals surface area contributed by atoms with Crippen molar-refractivity contribution in [3.63, 3.8) is 0 Å². The highest BCUT2D eigenvalue weighted by Crippen LogP contribution is 2.53. The standard InChI is InChI=1S/C8H20N4.4CH6O6P2/c1-2-4-6-8-10-12-11-9-7-5-3-1;4*2-8(3,4)1-9(5,6)7/h9-12H,1-8H2;4*1H2,(H2,2,3,4)(H2,5,6,7). The van der Waals surface area contributed by atoms with Gasteiger partial charge in [-0.25, -0.2) is 10.9 Å². The number of hydrogen-bond acceptors (Lipinski definition) is 12. The van der Waals surface area contributed by atoms with Crippen molar-refractivity contribution in [2.45, 2.75) is 38.5 Å². The van der Waals surface area contributed by atoms with Crippen LogP contribution in [0.2, 0.25) is 0 Å². The lowest BCUT2D eigenvalue weighted by molar-refractivity contribution is 0.352. The molecule has 28 nitrogen and oxygen atoms in total. The van der Waals surface area contributed by atoms with E-state index in [9.17, 15) is 36.5 Å². The van der Waals surface area contributed by atoms with Crippen molar-refractivity contribution in [2.24, 2.45) is 0 Å². The first kappa shape index (κ1) is 55.8. The lowest BCUT2D eigenvalue weighted by Gasteiger charge is -2.11. The third kappa shape index (κ3) is 72.7. The summed E-state index contributed by atoms with van der Waals surface area (Å²) in [6, 6.07) is 0. The van der Waals surface area contributed by atoms with Crippen LogP contribution in [0.4, 0.5) is 0 Å². The number of hydrazine groups is 3. The maximum absolute atomic E-state index is 9.85. The highest BCUT2D eigenvalue weighted by Gasteiger charge is 2.28. The van der Waals surface area contributed by atoms with Crippen LogP contribution in [0.25, 0.3) is 0 Å². The second-order valence-corrected chi connectivity index (χ2v) is 24.3. The van der Waals surface area contributed by atoms with E-state index in [1.165, 1.54) is 38.5 Å². The van der Waals surface area contributed by atoms with Crippen LogP contribution in [0.5, 0.6) is 0 Å². The molecule has 0 aromatic rings. The molecule has 0 bridgehead atoms. The molecule has 0 unspecified atom stereocenters. The van der Waals surface area contributed by atoms with E-state index < -0.39 is 84.4 Å². The molecule has 296 valence electrons.